The van der Waals surface area contributed by atoms with Gasteiger partial charge in [-0.05, 0) is 42.5 Å². The lowest BCUT2D eigenvalue weighted by Gasteiger charge is -2.38. The maximum absolute atomic E-state index is 6.34. The van der Waals surface area contributed by atoms with E-state index in [-0.39, 0.29) is 29.4 Å². The smallest absolute Gasteiger partial charge is 0.191 e. The van der Waals surface area contributed by atoms with Crippen molar-refractivity contribution in [2.24, 2.45) is 4.99 Å². The summed E-state index contributed by atoms with van der Waals surface area (Å²) < 4.78 is 10.8. The molecule has 0 radical (unpaired) electrons. The summed E-state index contributed by atoms with van der Waals surface area (Å²) in [7, 11) is 3.44. The monoisotopic (exact) mass is 543 g/mol. The quantitative estimate of drug-likeness (QED) is 0.308. The number of rotatable bonds is 7. The molecule has 164 valence electrons. The van der Waals surface area contributed by atoms with Gasteiger partial charge in [-0.25, -0.2) is 0 Å². The van der Waals surface area contributed by atoms with E-state index in [1.165, 1.54) is 5.56 Å². The number of nitrogens with one attached hydrogen (secondary N) is 2. The zero-order valence-corrected chi connectivity index (χ0v) is 20.7. The highest BCUT2D eigenvalue weighted by Crippen LogP contribution is 2.34. The average molecular weight is 544 g/mol. The molecular weight excluding hydrogens is 513 g/mol. The molecule has 1 saturated heterocycles. The van der Waals surface area contributed by atoms with E-state index in [4.69, 9.17) is 21.1 Å². The van der Waals surface area contributed by atoms with Crippen molar-refractivity contribution in [1.29, 1.82) is 0 Å². The third-order valence-electron chi connectivity index (χ3n) is 5.60. The van der Waals surface area contributed by atoms with Crippen LogP contribution in [-0.2, 0) is 16.6 Å². The van der Waals surface area contributed by atoms with Gasteiger partial charge in [0.2, 0.25) is 0 Å². The molecule has 1 fully saturated rings. The van der Waals surface area contributed by atoms with Gasteiger partial charge in [0, 0.05) is 43.8 Å². The van der Waals surface area contributed by atoms with E-state index in [9.17, 15) is 0 Å². The predicted molar refractivity (Wildman–Crippen MR) is 135 cm³/mol. The number of benzene rings is 2. The normalized spacial score (nSPS) is 15.8. The Hall–Kier alpha value is -1.51. The standard InChI is InChI=1S/C23H30ClN3O2.HI/c1-25-22(26-13-10-18-8-9-20(28-2)16-21(18)24)27-17-23(11-14-29-15-12-23)19-6-4-3-5-7-19;/h3-9,16H,10-15,17H2,1-2H3,(H2,25,26,27);1H. The molecule has 1 heterocycles. The molecule has 5 nitrogen and oxygen atoms in total. The number of aliphatic imine (C=N–C) groups is 1. The zero-order chi connectivity index (χ0) is 20.5. The van der Waals surface area contributed by atoms with E-state index in [0.29, 0.717) is 0 Å². The van der Waals surface area contributed by atoms with Gasteiger partial charge in [-0.15, -0.1) is 24.0 Å². The van der Waals surface area contributed by atoms with Gasteiger partial charge in [0.15, 0.2) is 5.96 Å². The van der Waals surface area contributed by atoms with Gasteiger partial charge < -0.3 is 20.1 Å². The molecule has 0 aromatic heterocycles. The van der Waals surface area contributed by atoms with Gasteiger partial charge in [0.25, 0.3) is 0 Å². The number of methoxy groups -OCH3 is 1. The topological polar surface area (TPSA) is 54.9 Å². The molecule has 0 atom stereocenters. The molecule has 2 aromatic carbocycles. The number of nitrogens with zero attached hydrogens (tertiary/aromatic N) is 1. The summed E-state index contributed by atoms with van der Waals surface area (Å²) in [4.78, 5) is 4.39. The molecule has 0 spiro atoms. The Morgan fingerprint density at radius 3 is 2.50 bits per heavy atom. The van der Waals surface area contributed by atoms with Crippen LogP contribution in [0.2, 0.25) is 5.02 Å². The summed E-state index contributed by atoms with van der Waals surface area (Å²) in [6.45, 7) is 3.15. The molecule has 2 aromatic rings. The fraction of sp³-hybridized carbons (Fsp3) is 0.435. The maximum Gasteiger partial charge on any atom is 0.191 e. The molecule has 0 aliphatic carbocycles. The summed E-state index contributed by atoms with van der Waals surface area (Å²) in [6, 6.07) is 16.5. The number of hydrogen-bond acceptors (Lipinski definition) is 3. The minimum atomic E-state index is 0. The summed E-state index contributed by atoms with van der Waals surface area (Å²) in [5.74, 6) is 1.57. The summed E-state index contributed by atoms with van der Waals surface area (Å²) in [5, 5.41) is 7.65. The van der Waals surface area contributed by atoms with Crippen molar-refractivity contribution in [3.05, 3.63) is 64.7 Å². The highest BCUT2D eigenvalue weighted by Gasteiger charge is 2.34. The van der Waals surface area contributed by atoms with Gasteiger partial charge in [-0.3, -0.25) is 4.99 Å². The Bertz CT molecular complexity index is 811. The molecule has 0 saturated carbocycles. The lowest BCUT2D eigenvalue weighted by molar-refractivity contribution is 0.0514. The van der Waals surface area contributed by atoms with Gasteiger partial charge in [0.1, 0.15) is 5.75 Å². The first-order chi connectivity index (χ1) is 14.2. The largest absolute Gasteiger partial charge is 0.497 e. The highest BCUT2D eigenvalue weighted by molar-refractivity contribution is 14.0. The Morgan fingerprint density at radius 2 is 1.87 bits per heavy atom. The van der Waals surface area contributed by atoms with Gasteiger partial charge in [-0.2, -0.15) is 0 Å². The van der Waals surface area contributed by atoms with Gasteiger partial charge >= 0.3 is 0 Å². The Kier molecular flexibility index (Phi) is 10.2. The minimum absolute atomic E-state index is 0. The zero-order valence-electron chi connectivity index (χ0n) is 17.6. The van der Waals surface area contributed by atoms with Crippen LogP contribution in [0, 0.1) is 0 Å². The molecule has 0 bridgehead atoms. The van der Waals surface area contributed by atoms with Crippen LogP contribution in [0.25, 0.3) is 0 Å². The van der Waals surface area contributed by atoms with E-state index in [1.807, 2.05) is 18.2 Å². The molecule has 3 rings (SSSR count). The molecule has 0 amide bonds. The summed E-state index contributed by atoms with van der Waals surface area (Å²) in [6.07, 6.45) is 2.81. The Morgan fingerprint density at radius 1 is 1.13 bits per heavy atom. The van der Waals surface area contributed by atoms with Crippen molar-refractivity contribution < 1.29 is 9.47 Å². The van der Waals surface area contributed by atoms with Crippen molar-refractivity contribution >= 4 is 41.5 Å². The lowest BCUT2D eigenvalue weighted by atomic mass is 9.74. The number of ether oxygens (including phenoxy) is 2. The molecule has 1 aliphatic rings. The van der Waals surface area contributed by atoms with E-state index in [1.54, 1.807) is 14.2 Å². The van der Waals surface area contributed by atoms with Crippen LogP contribution in [0.5, 0.6) is 5.75 Å². The Balaban J connectivity index is 0.00000320. The third-order valence-corrected chi connectivity index (χ3v) is 5.95. The minimum Gasteiger partial charge on any atom is -0.497 e. The third kappa shape index (κ3) is 6.49. The van der Waals surface area contributed by atoms with Crippen LogP contribution in [-0.4, -0.2) is 46.4 Å². The molecule has 2 N–H and O–H groups in total. The van der Waals surface area contributed by atoms with Crippen LogP contribution in [0.1, 0.15) is 24.0 Å². The first kappa shape index (κ1) is 24.8. The van der Waals surface area contributed by atoms with Gasteiger partial charge in [-0.1, -0.05) is 48.0 Å². The van der Waals surface area contributed by atoms with Gasteiger partial charge in [0.05, 0.1) is 7.11 Å². The van der Waals surface area contributed by atoms with Crippen LogP contribution in [0.15, 0.2) is 53.5 Å². The van der Waals surface area contributed by atoms with Crippen LogP contribution < -0.4 is 15.4 Å². The fourth-order valence-electron chi connectivity index (χ4n) is 3.77. The highest BCUT2D eigenvalue weighted by atomic mass is 127. The Labute approximate surface area is 201 Å². The number of guanidine groups is 1. The predicted octanol–water partition coefficient (Wildman–Crippen LogP) is 4.42. The van der Waals surface area contributed by atoms with Crippen LogP contribution in [0.4, 0.5) is 0 Å². The molecule has 0 unspecified atom stereocenters. The summed E-state index contributed by atoms with van der Waals surface area (Å²) in [5.41, 5.74) is 2.51. The van der Waals surface area contributed by atoms with Crippen molar-refractivity contribution in [2.75, 3.05) is 40.5 Å². The number of hydrogen-bond donors (Lipinski definition) is 2. The maximum atomic E-state index is 6.34. The first-order valence-electron chi connectivity index (χ1n) is 10.1. The van der Waals surface area contributed by atoms with E-state index in [2.05, 4.69) is 46.0 Å². The molecule has 1 aliphatic heterocycles. The SMILES string of the molecule is CN=C(NCCc1ccc(OC)cc1Cl)NCC1(c2ccccc2)CCOCC1.I. The van der Waals surface area contributed by atoms with E-state index in [0.717, 1.165) is 67.9 Å². The lowest BCUT2D eigenvalue weighted by Crippen LogP contribution is -2.48. The van der Waals surface area contributed by atoms with Crippen molar-refractivity contribution in [3.63, 3.8) is 0 Å². The second kappa shape index (κ2) is 12.4. The van der Waals surface area contributed by atoms with Crippen LogP contribution in [0.3, 0.4) is 0 Å². The second-order valence-corrected chi connectivity index (χ2v) is 7.73. The number of halogens is 2. The van der Waals surface area contributed by atoms with E-state index >= 15 is 0 Å². The molecule has 7 heteroatoms. The van der Waals surface area contributed by atoms with Crippen molar-refractivity contribution in [3.8, 4) is 5.75 Å². The second-order valence-electron chi connectivity index (χ2n) is 7.32. The first-order valence-corrected chi connectivity index (χ1v) is 10.4. The van der Waals surface area contributed by atoms with Crippen molar-refractivity contribution in [1.82, 2.24) is 10.6 Å². The molecular formula is C23H31ClIN3O2. The fourth-order valence-corrected chi connectivity index (χ4v) is 4.03. The average Bonchev–Trinajstić information content (AvgIpc) is 2.78. The van der Waals surface area contributed by atoms with Crippen molar-refractivity contribution in [2.45, 2.75) is 24.7 Å². The van der Waals surface area contributed by atoms with Crippen LogP contribution >= 0.6 is 35.6 Å². The van der Waals surface area contributed by atoms with E-state index < -0.39 is 0 Å². The molecule has 30 heavy (non-hydrogen) atoms. The summed E-state index contributed by atoms with van der Waals surface area (Å²) >= 11 is 6.34.